The van der Waals surface area contributed by atoms with Gasteiger partial charge in [-0.05, 0) is 49.6 Å². The zero-order chi connectivity index (χ0) is 19.7. The number of hydrogen-bond acceptors (Lipinski definition) is 4. The van der Waals surface area contributed by atoms with E-state index in [1.807, 2.05) is 24.3 Å². The summed E-state index contributed by atoms with van der Waals surface area (Å²) in [5.41, 5.74) is 0.977. The Kier molecular flexibility index (Phi) is 5.06. The molecular formula is C20H19F3N2O2. The van der Waals surface area contributed by atoms with Crippen molar-refractivity contribution in [3.63, 3.8) is 0 Å². The van der Waals surface area contributed by atoms with Crippen LogP contribution in [0.15, 0.2) is 52.9 Å². The summed E-state index contributed by atoms with van der Waals surface area (Å²) in [6, 6.07) is 12.4. The monoisotopic (exact) mass is 376 g/mol. The molecule has 0 spiro atoms. The van der Waals surface area contributed by atoms with Gasteiger partial charge in [0.15, 0.2) is 0 Å². The van der Waals surface area contributed by atoms with Crippen molar-refractivity contribution in [2.24, 2.45) is 0 Å². The lowest BCUT2D eigenvalue weighted by atomic mass is 9.95. The fourth-order valence-electron chi connectivity index (χ4n) is 2.59. The first-order chi connectivity index (χ1) is 12.7. The predicted octanol–water partition coefficient (Wildman–Crippen LogP) is 4.62. The minimum Gasteiger partial charge on any atom is -0.420 e. The largest absolute Gasteiger partial charge is 0.420 e. The fourth-order valence-corrected chi connectivity index (χ4v) is 2.59. The first kappa shape index (κ1) is 19.1. The van der Waals surface area contributed by atoms with E-state index in [9.17, 15) is 18.3 Å². The van der Waals surface area contributed by atoms with Gasteiger partial charge in [-0.25, -0.2) is 0 Å². The SMILES string of the molecule is CC(C)(CO)c1nnc(-c2ccccc2Cc2ccc(C(F)(F)F)cc2)o1. The van der Waals surface area contributed by atoms with E-state index in [0.29, 0.717) is 23.8 Å². The Morgan fingerprint density at radius 1 is 0.963 bits per heavy atom. The minimum atomic E-state index is -4.35. The number of aliphatic hydroxyl groups is 1. The van der Waals surface area contributed by atoms with Gasteiger partial charge in [0, 0.05) is 5.56 Å². The van der Waals surface area contributed by atoms with Crippen LogP contribution in [0.3, 0.4) is 0 Å². The third-order valence-electron chi connectivity index (χ3n) is 4.32. The van der Waals surface area contributed by atoms with E-state index >= 15 is 0 Å². The number of nitrogens with zero attached hydrogens (tertiary/aromatic N) is 2. The van der Waals surface area contributed by atoms with Crippen LogP contribution in [0.5, 0.6) is 0 Å². The lowest BCUT2D eigenvalue weighted by molar-refractivity contribution is -0.137. The third-order valence-corrected chi connectivity index (χ3v) is 4.32. The van der Waals surface area contributed by atoms with Gasteiger partial charge in [-0.1, -0.05) is 30.3 Å². The maximum absolute atomic E-state index is 12.7. The summed E-state index contributed by atoms with van der Waals surface area (Å²) < 4.78 is 43.9. The summed E-state index contributed by atoms with van der Waals surface area (Å²) in [7, 11) is 0. The molecule has 0 fully saturated rings. The predicted molar refractivity (Wildman–Crippen MR) is 94.1 cm³/mol. The van der Waals surface area contributed by atoms with Crippen molar-refractivity contribution >= 4 is 0 Å². The molecule has 1 heterocycles. The van der Waals surface area contributed by atoms with Crippen molar-refractivity contribution in [2.75, 3.05) is 6.61 Å². The number of hydrogen-bond donors (Lipinski definition) is 1. The summed E-state index contributed by atoms with van der Waals surface area (Å²) in [4.78, 5) is 0. The van der Waals surface area contributed by atoms with Crippen LogP contribution in [-0.4, -0.2) is 21.9 Å². The van der Waals surface area contributed by atoms with Gasteiger partial charge in [-0.15, -0.1) is 10.2 Å². The van der Waals surface area contributed by atoms with Crippen molar-refractivity contribution in [2.45, 2.75) is 31.9 Å². The number of alkyl halides is 3. The zero-order valence-corrected chi connectivity index (χ0v) is 14.9. The molecule has 27 heavy (non-hydrogen) atoms. The molecule has 0 atom stereocenters. The molecule has 0 radical (unpaired) electrons. The Balaban J connectivity index is 1.89. The second-order valence-corrected chi connectivity index (χ2v) is 6.98. The molecule has 7 heteroatoms. The van der Waals surface area contributed by atoms with Crippen molar-refractivity contribution in [3.8, 4) is 11.5 Å². The average Bonchev–Trinajstić information content (AvgIpc) is 3.13. The van der Waals surface area contributed by atoms with Gasteiger partial charge >= 0.3 is 6.18 Å². The Labute approximate surface area is 154 Å². The van der Waals surface area contributed by atoms with E-state index in [1.54, 1.807) is 13.8 Å². The average molecular weight is 376 g/mol. The molecule has 2 aromatic carbocycles. The van der Waals surface area contributed by atoms with Gasteiger partial charge < -0.3 is 9.52 Å². The number of aromatic nitrogens is 2. The second-order valence-electron chi connectivity index (χ2n) is 6.98. The highest BCUT2D eigenvalue weighted by Crippen LogP contribution is 2.31. The van der Waals surface area contributed by atoms with Gasteiger partial charge in [0.25, 0.3) is 0 Å². The van der Waals surface area contributed by atoms with E-state index < -0.39 is 17.2 Å². The molecule has 0 saturated heterocycles. The van der Waals surface area contributed by atoms with E-state index in [4.69, 9.17) is 4.42 Å². The van der Waals surface area contributed by atoms with Crippen LogP contribution in [0, 0.1) is 0 Å². The molecule has 0 unspecified atom stereocenters. The van der Waals surface area contributed by atoms with E-state index in [2.05, 4.69) is 10.2 Å². The topological polar surface area (TPSA) is 59.2 Å². The van der Waals surface area contributed by atoms with Crippen molar-refractivity contribution < 1.29 is 22.7 Å². The van der Waals surface area contributed by atoms with Crippen LogP contribution in [0.25, 0.3) is 11.5 Å². The molecule has 142 valence electrons. The molecule has 0 aliphatic carbocycles. The van der Waals surface area contributed by atoms with E-state index in [1.165, 1.54) is 12.1 Å². The minimum absolute atomic E-state index is 0.137. The first-order valence-corrected chi connectivity index (χ1v) is 8.40. The van der Waals surface area contributed by atoms with Crippen LogP contribution in [0.4, 0.5) is 13.2 Å². The quantitative estimate of drug-likeness (QED) is 0.706. The van der Waals surface area contributed by atoms with Crippen LogP contribution in [-0.2, 0) is 18.0 Å². The highest BCUT2D eigenvalue weighted by atomic mass is 19.4. The second kappa shape index (κ2) is 7.15. The lowest BCUT2D eigenvalue weighted by Gasteiger charge is -2.15. The highest BCUT2D eigenvalue weighted by Gasteiger charge is 2.30. The number of halogens is 3. The summed E-state index contributed by atoms with van der Waals surface area (Å²) in [6.45, 7) is 3.44. The Hall–Kier alpha value is -2.67. The molecular weight excluding hydrogens is 357 g/mol. The van der Waals surface area contributed by atoms with Gasteiger partial charge in [0.1, 0.15) is 0 Å². The number of aliphatic hydroxyl groups excluding tert-OH is 1. The van der Waals surface area contributed by atoms with Crippen molar-refractivity contribution in [3.05, 3.63) is 71.1 Å². The van der Waals surface area contributed by atoms with Crippen LogP contribution in [0.2, 0.25) is 0 Å². The van der Waals surface area contributed by atoms with Gasteiger partial charge in [0.05, 0.1) is 17.6 Å². The highest BCUT2D eigenvalue weighted by molar-refractivity contribution is 5.59. The summed E-state index contributed by atoms with van der Waals surface area (Å²) >= 11 is 0. The Morgan fingerprint density at radius 3 is 2.26 bits per heavy atom. The van der Waals surface area contributed by atoms with Gasteiger partial charge in [-0.3, -0.25) is 0 Å². The standard InChI is InChI=1S/C20H19F3N2O2/c1-19(2,12-26)18-25-24-17(27-18)16-6-4-3-5-14(16)11-13-7-9-15(10-8-13)20(21,22)23/h3-10,26H,11-12H2,1-2H3. The van der Waals surface area contributed by atoms with Crippen LogP contribution >= 0.6 is 0 Å². The summed E-state index contributed by atoms with van der Waals surface area (Å²) in [6.07, 6.45) is -3.93. The lowest BCUT2D eigenvalue weighted by Crippen LogP contribution is -2.22. The van der Waals surface area contributed by atoms with E-state index in [-0.39, 0.29) is 6.61 Å². The molecule has 3 aromatic rings. The molecule has 0 aliphatic heterocycles. The zero-order valence-electron chi connectivity index (χ0n) is 14.9. The normalized spacial score (nSPS) is 12.4. The Bertz CT molecular complexity index is 915. The molecule has 1 N–H and O–H groups in total. The smallest absolute Gasteiger partial charge is 0.416 e. The molecule has 0 aliphatic rings. The van der Waals surface area contributed by atoms with Gasteiger partial charge in [0.2, 0.25) is 11.8 Å². The molecule has 0 bridgehead atoms. The maximum atomic E-state index is 12.7. The van der Waals surface area contributed by atoms with Gasteiger partial charge in [-0.2, -0.15) is 13.2 Å². The number of benzene rings is 2. The van der Waals surface area contributed by atoms with Crippen molar-refractivity contribution in [1.82, 2.24) is 10.2 Å². The molecule has 1 aromatic heterocycles. The summed E-state index contributed by atoms with van der Waals surface area (Å²) in [5, 5.41) is 17.5. The molecule has 0 amide bonds. The van der Waals surface area contributed by atoms with Crippen LogP contribution in [0.1, 0.15) is 36.4 Å². The first-order valence-electron chi connectivity index (χ1n) is 8.40. The summed E-state index contributed by atoms with van der Waals surface area (Å²) in [5.74, 6) is 0.637. The van der Waals surface area contributed by atoms with Crippen LogP contribution < -0.4 is 0 Å². The molecule has 0 saturated carbocycles. The Morgan fingerprint density at radius 2 is 1.63 bits per heavy atom. The maximum Gasteiger partial charge on any atom is 0.416 e. The third kappa shape index (κ3) is 4.19. The van der Waals surface area contributed by atoms with E-state index in [0.717, 1.165) is 23.3 Å². The molecule has 4 nitrogen and oxygen atoms in total. The van der Waals surface area contributed by atoms with Crippen molar-refractivity contribution in [1.29, 1.82) is 0 Å². The fraction of sp³-hybridized carbons (Fsp3) is 0.300. The molecule has 3 rings (SSSR count). The number of rotatable bonds is 5.